The molecule has 0 aromatic heterocycles. The van der Waals surface area contributed by atoms with Gasteiger partial charge in [0.2, 0.25) is 0 Å². The van der Waals surface area contributed by atoms with E-state index in [1.807, 2.05) is 24.3 Å². The van der Waals surface area contributed by atoms with Crippen molar-refractivity contribution in [3.63, 3.8) is 0 Å². The zero-order valence-corrected chi connectivity index (χ0v) is 14.5. The molecule has 0 fully saturated rings. The number of benzene rings is 2. The van der Waals surface area contributed by atoms with E-state index in [0.29, 0.717) is 11.1 Å². The lowest BCUT2D eigenvalue weighted by Gasteiger charge is -2.17. The van der Waals surface area contributed by atoms with E-state index in [2.05, 4.69) is 26.1 Å². The summed E-state index contributed by atoms with van der Waals surface area (Å²) in [5, 5.41) is 2.69. The van der Waals surface area contributed by atoms with Crippen molar-refractivity contribution in [2.24, 2.45) is 5.41 Å². The molecule has 2 aromatic carbocycles. The van der Waals surface area contributed by atoms with E-state index >= 15 is 0 Å². The highest BCUT2D eigenvalue weighted by atomic mass is 19.1. The Morgan fingerprint density at radius 1 is 1.12 bits per heavy atom. The summed E-state index contributed by atoms with van der Waals surface area (Å²) in [7, 11) is 0. The maximum Gasteiger partial charge on any atom is 0.260 e. The van der Waals surface area contributed by atoms with Crippen LogP contribution in [0.15, 0.2) is 42.5 Å². The lowest BCUT2D eigenvalue weighted by molar-refractivity contribution is 0.102. The van der Waals surface area contributed by atoms with E-state index in [9.17, 15) is 9.18 Å². The van der Waals surface area contributed by atoms with Gasteiger partial charge in [-0.15, -0.1) is 0 Å². The van der Waals surface area contributed by atoms with E-state index in [-0.39, 0.29) is 11.3 Å². The molecule has 0 saturated heterocycles. The molecule has 0 saturated carbocycles. The summed E-state index contributed by atoms with van der Waals surface area (Å²) in [5.74, 6) is -1.16. The standard InChI is InChI=1S/C20H25FN2O/c1-20(2,3)13-5-6-14-9-11-15(12-10-14)23-19(24)18-16(21)7-4-8-17(18)22/h4,7-12H,5-6,13,22H2,1-3H3,(H,23,24). The second-order valence-electron chi connectivity index (χ2n) is 7.27. The Labute approximate surface area is 143 Å². The third-order valence-corrected chi connectivity index (χ3v) is 3.88. The van der Waals surface area contributed by atoms with Crippen molar-refractivity contribution in [3.8, 4) is 0 Å². The zero-order chi connectivity index (χ0) is 17.7. The average Bonchev–Trinajstić information content (AvgIpc) is 2.47. The van der Waals surface area contributed by atoms with Crippen LogP contribution in [0.4, 0.5) is 15.8 Å². The van der Waals surface area contributed by atoms with Crippen LogP contribution in [0, 0.1) is 11.2 Å². The number of hydrogen-bond acceptors (Lipinski definition) is 2. The van der Waals surface area contributed by atoms with Crippen LogP contribution in [0.3, 0.4) is 0 Å². The molecule has 0 bridgehead atoms. The number of amides is 1. The molecule has 0 heterocycles. The lowest BCUT2D eigenvalue weighted by Crippen LogP contribution is -2.16. The number of halogens is 1. The fraction of sp³-hybridized carbons (Fsp3) is 0.350. The zero-order valence-electron chi connectivity index (χ0n) is 14.5. The van der Waals surface area contributed by atoms with Gasteiger partial charge in [-0.05, 0) is 54.5 Å². The summed E-state index contributed by atoms with van der Waals surface area (Å²) in [6, 6.07) is 11.9. The van der Waals surface area contributed by atoms with Crippen molar-refractivity contribution in [1.29, 1.82) is 0 Å². The molecule has 0 spiro atoms. The fourth-order valence-corrected chi connectivity index (χ4v) is 2.55. The molecule has 0 unspecified atom stereocenters. The van der Waals surface area contributed by atoms with Gasteiger partial charge in [0, 0.05) is 11.4 Å². The Morgan fingerprint density at radius 3 is 2.38 bits per heavy atom. The third kappa shape index (κ3) is 5.08. The Kier molecular flexibility index (Phi) is 5.60. The van der Waals surface area contributed by atoms with Crippen LogP contribution in [-0.2, 0) is 6.42 Å². The summed E-state index contributed by atoms with van der Waals surface area (Å²) >= 11 is 0. The molecule has 2 aromatic rings. The molecule has 4 heteroatoms. The normalized spacial score (nSPS) is 11.3. The molecule has 0 aliphatic rings. The molecule has 128 valence electrons. The van der Waals surface area contributed by atoms with Crippen molar-refractivity contribution < 1.29 is 9.18 Å². The number of nitrogen functional groups attached to an aromatic ring is 1. The Morgan fingerprint density at radius 2 is 1.79 bits per heavy atom. The van der Waals surface area contributed by atoms with Gasteiger partial charge in [-0.25, -0.2) is 4.39 Å². The molecule has 3 nitrogen and oxygen atoms in total. The first kappa shape index (κ1) is 18.0. The highest BCUT2D eigenvalue weighted by Crippen LogP contribution is 2.23. The minimum Gasteiger partial charge on any atom is -0.398 e. The first-order chi connectivity index (χ1) is 11.3. The highest BCUT2D eigenvalue weighted by molar-refractivity contribution is 6.07. The maximum atomic E-state index is 13.8. The van der Waals surface area contributed by atoms with Crippen molar-refractivity contribution >= 4 is 17.3 Å². The van der Waals surface area contributed by atoms with E-state index in [1.54, 1.807) is 0 Å². The van der Waals surface area contributed by atoms with Crippen molar-refractivity contribution in [3.05, 3.63) is 59.4 Å². The summed E-state index contributed by atoms with van der Waals surface area (Å²) in [6.45, 7) is 6.71. The van der Waals surface area contributed by atoms with Gasteiger partial charge in [0.15, 0.2) is 0 Å². The second-order valence-corrected chi connectivity index (χ2v) is 7.27. The van der Waals surface area contributed by atoms with Crippen LogP contribution < -0.4 is 11.1 Å². The number of nitrogens with two attached hydrogens (primary N) is 1. The van der Waals surface area contributed by atoms with Gasteiger partial charge in [0.25, 0.3) is 5.91 Å². The third-order valence-electron chi connectivity index (χ3n) is 3.88. The molecule has 0 atom stereocenters. The van der Waals surface area contributed by atoms with E-state index in [1.165, 1.54) is 23.8 Å². The second kappa shape index (κ2) is 7.47. The van der Waals surface area contributed by atoms with Crippen LogP contribution in [-0.4, -0.2) is 5.91 Å². The first-order valence-corrected chi connectivity index (χ1v) is 8.20. The van der Waals surface area contributed by atoms with E-state index in [0.717, 1.165) is 19.3 Å². The predicted octanol–water partition coefficient (Wildman–Crippen LogP) is 5.03. The molecule has 3 N–H and O–H groups in total. The Hall–Kier alpha value is -2.36. The molecular weight excluding hydrogens is 303 g/mol. The van der Waals surface area contributed by atoms with Gasteiger partial charge in [-0.3, -0.25) is 4.79 Å². The summed E-state index contributed by atoms with van der Waals surface area (Å²) < 4.78 is 13.8. The number of anilines is 2. The minimum absolute atomic E-state index is 0.119. The number of carbonyl (C=O) groups is 1. The van der Waals surface area contributed by atoms with Gasteiger partial charge in [-0.1, -0.05) is 39.0 Å². The molecular formula is C20H25FN2O. The number of rotatable bonds is 5. The van der Waals surface area contributed by atoms with Crippen LogP contribution in [0.2, 0.25) is 0 Å². The van der Waals surface area contributed by atoms with Gasteiger partial charge >= 0.3 is 0 Å². The number of nitrogens with one attached hydrogen (secondary N) is 1. The highest BCUT2D eigenvalue weighted by Gasteiger charge is 2.15. The van der Waals surface area contributed by atoms with Gasteiger partial charge in [0.1, 0.15) is 5.82 Å². The molecule has 2 rings (SSSR count). The summed E-state index contributed by atoms with van der Waals surface area (Å²) in [4.78, 5) is 12.2. The van der Waals surface area contributed by atoms with Crippen molar-refractivity contribution in [1.82, 2.24) is 0 Å². The average molecular weight is 328 g/mol. The smallest absolute Gasteiger partial charge is 0.260 e. The van der Waals surface area contributed by atoms with Crippen LogP contribution in [0.1, 0.15) is 49.5 Å². The van der Waals surface area contributed by atoms with Crippen molar-refractivity contribution in [2.75, 3.05) is 11.1 Å². The number of carbonyl (C=O) groups excluding carboxylic acids is 1. The largest absolute Gasteiger partial charge is 0.398 e. The monoisotopic (exact) mass is 328 g/mol. The van der Waals surface area contributed by atoms with Gasteiger partial charge < -0.3 is 11.1 Å². The summed E-state index contributed by atoms with van der Waals surface area (Å²) in [5.41, 5.74) is 7.89. The molecule has 0 radical (unpaired) electrons. The topological polar surface area (TPSA) is 55.1 Å². The minimum atomic E-state index is -0.619. The van der Waals surface area contributed by atoms with Crippen LogP contribution in [0.5, 0.6) is 0 Å². The summed E-state index contributed by atoms with van der Waals surface area (Å²) in [6.07, 6.45) is 3.30. The quantitative estimate of drug-likeness (QED) is 0.756. The predicted molar refractivity (Wildman–Crippen MR) is 97.6 cm³/mol. The van der Waals surface area contributed by atoms with Gasteiger partial charge in [0.05, 0.1) is 5.56 Å². The molecule has 24 heavy (non-hydrogen) atoms. The van der Waals surface area contributed by atoms with Crippen LogP contribution >= 0.6 is 0 Å². The maximum absolute atomic E-state index is 13.8. The molecule has 1 amide bonds. The van der Waals surface area contributed by atoms with Crippen molar-refractivity contribution in [2.45, 2.75) is 40.0 Å². The molecule has 0 aliphatic carbocycles. The number of hydrogen-bond donors (Lipinski definition) is 2. The van der Waals surface area contributed by atoms with E-state index in [4.69, 9.17) is 5.73 Å². The van der Waals surface area contributed by atoms with Crippen LogP contribution in [0.25, 0.3) is 0 Å². The van der Waals surface area contributed by atoms with Gasteiger partial charge in [-0.2, -0.15) is 0 Å². The Bertz CT molecular complexity index is 682. The molecule has 0 aliphatic heterocycles. The SMILES string of the molecule is CC(C)(C)CCCc1ccc(NC(=O)c2c(N)cccc2F)cc1. The first-order valence-electron chi connectivity index (χ1n) is 8.20. The van der Waals surface area contributed by atoms with E-state index < -0.39 is 11.7 Å². The fourth-order valence-electron chi connectivity index (χ4n) is 2.55. The number of aryl methyl sites for hydroxylation is 1. The lowest BCUT2D eigenvalue weighted by atomic mass is 9.89. The Balaban J connectivity index is 1.98.